The second kappa shape index (κ2) is 8.55. The van der Waals surface area contributed by atoms with Gasteiger partial charge in [0, 0.05) is 18.5 Å². The number of hydrogen-bond donors (Lipinski definition) is 1. The van der Waals surface area contributed by atoms with E-state index in [2.05, 4.69) is 5.32 Å². The molecule has 1 saturated heterocycles. The van der Waals surface area contributed by atoms with Gasteiger partial charge in [0.05, 0.1) is 6.61 Å². The number of ether oxygens (including phenoxy) is 3. The molecule has 1 atom stereocenters. The highest BCUT2D eigenvalue weighted by Crippen LogP contribution is 2.35. The smallest absolute Gasteiger partial charge is 0.231 e. The van der Waals surface area contributed by atoms with Gasteiger partial charge in [-0.3, -0.25) is 0 Å². The average Bonchev–Trinajstić information content (AvgIpc) is 3.10. The molecule has 0 bridgehead atoms. The molecule has 2 aliphatic heterocycles. The minimum atomic E-state index is -0.178. The van der Waals surface area contributed by atoms with Crippen LogP contribution in [0.3, 0.4) is 0 Å². The second-order valence-electron chi connectivity index (χ2n) is 5.83. The van der Waals surface area contributed by atoms with Gasteiger partial charge in [-0.1, -0.05) is 18.2 Å². The molecule has 1 N–H and O–H groups in total. The Labute approximate surface area is 141 Å². The summed E-state index contributed by atoms with van der Waals surface area (Å²) in [5.74, 6) is 2.89. The summed E-state index contributed by atoms with van der Waals surface area (Å²) in [5, 5.41) is 3.39. The van der Waals surface area contributed by atoms with Crippen molar-refractivity contribution >= 4 is 0 Å². The SMILES string of the molecule is Fc1ccccc1.c1cc2c(cc1OCC1CCCNC1)OCO2. The van der Waals surface area contributed by atoms with Crippen LogP contribution in [0.15, 0.2) is 48.5 Å². The van der Waals surface area contributed by atoms with Crippen LogP contribution < -0.4 is 19.5 Å². The van der Waals surface area contributed by atoms with Gasteiger partial charge < -0.3 is 19.5 Å². The van der Waals surface area contributed by atoms with Crippen molar-refractivity contribution in [1.82, 2.24) is 5.32 Å². The van der Waals surface area contributed by atoms with Gasteiger partial charge in [0.15, 0.2) is 11.5 Å². The van der Waals surface area contributed by atoms with Crippen molar-refractivity contribution < 1.29 is 18.6 Å². The molecule has 5 heteroatoms. The Morgan fingerprint density at radius 3 is 2.62 bits per heavy atom. The molecule has 2 aromatic carbocycles. The fraction of sp³-hybridized carbons (Fsp3) is 0.368. The maximum atomic E-state index is 11.9. The van der Waals surface area contributed by atoms with Crippen LogP contribution in [-0.4, -0.2) is 26.5 Å². The van der Waals surface area contributed by atoms with Crippen LogP contribution in [0.4, 0.5) is 4.39 Å². The van der Waals surface area contributed by atoms with E-state index in [1.54, 1.807) is 18.2 Å². The van der Waals surface area contributed by atoms with Crippen molar-refractivity contribution in [1.29, 1.82) is 0 Å². The van der Waals surface area contributed by atoms with Gasteiger partial charge in [-0.05, 0) is 43.7 Å². The van der Waals surface area contributed by atoms with E-state index in [9.17, 15) is 4.39 Å². The Hall–Kier alpha value is -2.27. The van der Waals surface area contributed by atoms with E-state index < -0.39 is 0 Å². The predicted molar refractivity (Wildman–Crippen MR) is 90.1 cm³/mol. The molecule has 4 nitrogen and oxygen atoms in total. The van der Waals surface area contributed by atoms with Crippen LogP contribution in [0.5, 0.6) is 17.2 Å². The lowest BCUT2D eigenvalue weighted by atomic mass is 10.0. The molecule has 128 valence electrons. The molecule has 24 heavy (non-hydrogen) atoms. The van der Waals surface area contributed by atoms with E-state index in [1.165, 1.54) is 25.0 Å². The van der Waals surface area contributed by atoms with Gasteiger partial charge in [-0.2, -0.15) is 0 Å². The lowest BCUT2D eigenvalue weighted by molar-refractivity contribution is 0.173. The van der Waals surface area contributed by atoms with Crippen molar-refractivity contribution in [2.75, 3.05) is 26.5 Å². The summed E-state index contributed by atoms with van der Waals surface area (Å²) in [6.45, 7) is 3.28. The van der Waals surface area contributed by atoms with Gasteiger partial charge in [-0.15, -0.1) is 0 Å². The van der Waals surface area contributed by atoms with E-state index >= 15 is 0 Å². The lowest BCUT2D eigenvalue weighted by Gasteiger charge is -2.22. The Kier molecular flexibility index (Phi) is 5.90. The summed E-state index contributed by atoms with van der Waals surface area (Å²) >= 11 is 0. The molecule has 0 amide bonds. The summed E-state index contributed by atoms with van der Waals surface area (Å²) in [6.07, 6.45) is 2.49. The molecule has 0 aromatic heterocycles. The van der Waals surface area contributed by atoms with E-state index in [1.807, 2.05) is 18.2 Å². The first-order chi connectivity index (χ1) is 11.8. The second-order valence-corrected chi connectivity index (χ2v) is 5.83. The quantitative estimate of drug-likeness (QED) is 0.932. The van der Waals surface area contributed by atoms with Crippen LogP contribution in [0, 0.1) is 11.7 Å². The molecule has 2 aromatic rings. The van der Waals surface area contributed by atoms with E-state index in [0.29, 0.717) is 12.7 Å². The molecule has 0 saturated carbocycles. The highest BCUT2D eigenvalue weighted by molar-refractivity contribution is 5.46. The Balaban J connectivity index is 0.000000203. The molecular weight excluding hydrogens is 309 g/mol. The largest absolute Gasteiger partial charge is 0.493 e. The highest BCUT2D eigenvalue weighted by Gasteiger charge is 2.16. The van der Waals surface area contributed by atoms with E-state index in [0.717, 1.165) is 36.9 Å². The van der Waals surface area contributed by atoms with Crippen molar-refractivity contribution in [3.63, 3.8) is 0 Å². The zero-order valence-corrected chi connectivity index (χ0v) is 13.5. The average molecular weight is 331 g/mol. The van der Waals surface area contributed by atoms with Crippen LogP contribution in [0.25, 0.3) is 0 Å². The fourth-order valence-corrected chi connectivity index (χ4v) is 2.66. The third-order valence-electron chi connectivity index (χ3n) is 3.96. The number of hydrogen-bond acceptors (Lipinski definition) is 4. The lowest BCUT2D eigenvalue weighted by Crippen LogP contribution is -2.33. The number of halogens is 1. The van der Waals surface area contributed by atoms with Gasteiger partial charge >= 0.3 is 0 Å². The van der Waals surface area contributed by atoms with Crippen molar-refractivity contribution in [2.45, 2.75) is 12.8 Å². The van der Waals surface area contributed by atoms with Crippen LogP contribution in [0.1, 0.15) is 12.8 Å². The summed E-state index contributed by atoms with van der Waals surface area (Å²) in [7, 11) is 0. The molecule has 1 unspecified atom stereocenters. The van der Waals surface area contributed by atoms with Gasteiger partial charge in [0.2, 0.25) is 6.79 Å². The first kappa shape index (κ1) is 16.6. The number of benzene rings is 2. The summed E-state index contributed by atoms with van der Waals surface area (Å²) in [6, 6.07) is 13.7. The molecule has 1 fully saturated rings. The van der Waals surface area contributed by atoms with Crippen molar-refractivity contribution in [2.24, 2.45) is 5.92 Å². The number of nitrogens with one attached hydrogen (secondary N) is 1. The topological polar surface area (TPSA) is 39.7 Å². The molecule has 2 heterocycles. The van der Waals surface area contributed by atoms with Crippen molar-refractivity contribution in [3.05, 3.63) is 54.3 Å². The normalized spacial score (nSPS) is 18.5. The van der Waals surface area contributed by atoms with Crippen LogP contribution in [-0.2, 0) is 0 Å². The standard InChI is InChI=1S/C13H17NO3.C6H5F/c1-2-10(7-14-5-1)8-15-11-3-4-12-13(6-11)17-9-16-12;7-6-4-2-1-3-5-6/h3-4,6,10,14H,1-2,5,7-9H2;1-5H. The fourth-order valence-electron chi connectivity index (χ4n) is 2.66. The van der Waals surface area contributed by atoms with E-state index in [-0.39, 0.29) is 5.82 Å². The predicted octanol–water partition coefficient (Wildman–Crippen LogP) is 3.62. The zero-order chi connectivity index (χ0) is 16.6. The summed E-state index contributed by atoms with van der Waals surface area (Å²) < 4.78 is 28.3. The highest BCUT2D eigenvalue weighted by atomic mass is 19.1. The molecule has 0 spiro atoms. The Morgan fingerprint density at radius 2 is 1.92 bits per heavy atom. The van der Waals surface area contributed by atoms with Crippen LogP contribution in [0.2, 0.25) is 0 Å². The molecule has 0 aliphatic carbocycles. The molecule has 0 radical (unpaired) electrons. The van der Waals surface area contributed by atoms with Crippen molar-refractivity contribution in [3.8, 4) is 17.2 Å². The molecule has 4 rings (SSSR count). The summed E-state index contributed by atoms with van der Waals surface area (Å²) in [5.41, 5.74) is 0. The maximum absolute atomic E-state index is 11.9. The summed E-state index contributed by atoms with van der Waals surface area (Å²) in [4.78, 5) is 0. The first-order valence-corrected chi connectivity index (χ1v) is 8.25. The van der Waals surface area contributed by atoms with Gasteiger partial charge in [-0.25, -0.2) is 4.39 Å². The monoisotopic (exact) mass is 331 g/mol. The van der Waals surface area contributed by atoms with Gasteiger partial charge in [0.25, 0.3) is 0 Å². The third-order valence-corrected chi connectivity index (χ3v) is 3.96. The minimum absolute atomic E-state index is 0.178. The third kappa shape index (κ3) is 4.86. The number of fused-ring (bicyclic) bond motifs is 1. The Morgan fingerprint density at radius 1 is 1.08 bits per heavy atom. The maximum Gasteiger partial charge on any atom is 0.231 e. The van der Waals surface area contributed by atoms with Crippen LogP contribution >= 0.6 is 0 Å². The first-order valence-electron chi connectivity index (χ1n) is 8.25. The van der Waals surface area contributed by atoms with E-state index in [4.69, 9.17) is 14.2 Å². The molecular formula is C19H22FNO3. The van der Waals surface area contributed by atoms with Gasteiger partial charge in [0.1, 0.15) is 11.6 Å². The zero-order valence-electron chi connectivity index (χ0n) is 13.5. The molecule has 2 aliphatic rings. The number of rotatable bonds is 3. The minimum Gasteiger partial charge on any atom is -0.493 e. The number of piperidine rings is 1. The Bertz CT molecular complexity index is 630.